The molecule has 1 aliphatic rings. The molecule has 1 heterocycles. The van der Waals surface area contributed by atoms with Crippen LogP contribution in [0.3, 0.4) is 0 Å². The number of fused-ring (bicyclic) bond motifs is 1. The average molecular weight is 290 g/mol. The topological polar surface area (TPSA) is 86.7 Å². The summed E-state index contributed by atoms with van der Waals surface area (Å²) in [6.45, 7) is 1.49. The van der Waals surface area contributed by atoms with E-state index in [1.54, 1.807) is 31.2 Å². The van der Waals surface area contributed by atoms with E-state index in [0.29, 0.717) is 11.3 Å². The molecule has 0 aromatic heterocycles. The fraction of sp³-hybridized carbons (Fsp3) is 0.333. The van der Waals surface area contributed by atoms with Crippen LogP contribution in [0.5, 0.6) is 5.75 Å². The van der Waals surface area contributed by atoms with E-state index in [0.717, 1.165) is 0 Å². The van der Waals surface area contributed by atoms with Gasteiger partial charge in [-0.3, -0.25) is 14.4 Å². The van der Waals surface area contributed by atoms with Gasteiger partial charge < -0.3 is 9.47 Å². The van der Waals surface area contributed by atoms with Crippen molar-refractivity contribution in [2.24, 2.45) is 5.92 Å². The molecular formula is C15H14O6. The molecule has 0 spiro atoms. The molecule has 1 aromatic rings. The first kappa shape index (κ1) is 14.9. The molecule has 0 fully saturated rings. The number of esters is 1. The minimum atomic E-state index is -1.06. The van der Waals surface area contributed by atoms with Crippen molar-refractivity contribution in [3.63, 3.8) is 0 Å². The van der Waals surface area contributed by atoms with Gasteiger partial charge in [0.15, 0.2) is 11.6 Å². The SMILES string of the molecule is CCOC(=O)C(=O)CC(=O)C1COc2ccccc2C1=O. The lowest BCUT2D eigenvalue weighted by Gasteiger charge is -2.22. The Balaban J connectivity index is 2.06. The van der Waals surface area contributed by atoms with Crippen molar-refractivity contribution in [2.75, 3.05) is 13.2 Å². The van der Waals surface area contributed by atoms with Crippen molar-refractivity contribution < 1.29 is 28.7 Å². The zero-order chi connectivity index (χ0) is 15.4. The van der Waals surface area contributed by atoms with Crippen molar-refractivity contribution in [1.82, 2.24) is 0 Å². The smallest absolute Gasteiger partial charge is 0.375 e. The standard InChI is InChI=1S/C15H14O6/c1-2-20-15(19)12(17)7-11(16)10-8-21-13-6-4-3-5-9(13)14(10)18/h3-6,10H,2,7-8H2,1H3. The van der Waals surface area contributed by atoms with Crippen molar-refractivity contribution in [1.29, 1.82) is 0 Å². The summed E-state index contributed by atoms with van der Waals surface area (Å²) in [6, 6.07) is 6.58. The van der Waals surface area contributed by atoms with Crippen LogP contribution in [0, 0.1) is 5.92 Å². The molecule has 2 rings (SSSR count). The predicted octanol–water partition coefficient (Wildman–Crippen LogP) is 0.969. The van der Waals surface area contributed by atoms with Gasteiger partial charge in [0.25, 0.3) is 0 Å². The van der Waals surface area contributed by atoms with Gasteiger partial charge in [0.2, 0.25) is 5.78 Å². The number of rotatable bonds is 5. The van der Waals surface area contributed by atoms with Crippen LogP contribution in [0.2, 0.25) is 0 Å². The highest BCUT2D eigenvalue weighted by atomic mass is 16.5. The molecular weight excluding hydrogens is 276 g/mol. The minimum absolute atomic E-state index is 0.0532. The monoisotopic (exact) mass is 290 g/mol. The number of Topliss-reactive ketones (excluding diaryl/α,β-unsaturated/α-hetero) is 3. The largest absolute Gasteiger partial charge is 0.492 e. The van der Waals surface area contributed by atoms with Crippen LogP contribution in [0.4, 0.5) is 0 Å². The molecule has 0 N–H and O–H groups in total. The van der Waals surface area contributed by atoms with Gasteiger partial charge in [-0.1, -0.05) is 12.1 Å². The van der Waals surface area contributed by atoms with Crippen molar-refractivity contribution >= 4 is 23.3 Å². The van der Waals surface area contributed by atoms with Crippen LogP contribution >= 0.6 is 0 Å². The highest BCUT2D eigenvalue weighted by molar-refractivity contribution is 6.38. The van der Waals surface area contributed by atoms with E-state index in [-0.39, 0.29) is 13.2 Å². The number of ether oxygens (including phenoxy) is 2. The fourth-order valence-electron chi connectivity index (χ4n) is 2.04. The number of carbonyl (C=O) groups excluding carboxylic acids is 4. The van der Waals surface area contributed by atoms with Gasteiger partial charge in [-0.15, -0.1) is 0 Å². The first-order chi connectivity index (χ1) is 10.0. The van der Waals surface area contributed by atoms with E-state index in [4.69, 9.17) is 4.74 Å². The lowest BCUT2D eigenvalue weighted by atomic mass is 9.89. The predicted molar refractivity (Wildman–Crippen MR) is 71.0 cm³/mol. The second-order valence-electron chi connectivity index (χ2n) is 4.51. The van der Waals surface area contributed by atoms with Gasteiger partial charge >= 0.3 is 5.97 Å². The summed E-state index contributed by atoms with van der Waals surface area (Å²) in [6.07, 6.45) is -0.652. The van der Waals surface area contributed by atoms with Gasteiger partial charge in [-0.25, -0.2) is 4.79 Å². The Labute approximate surface area is 121 Å². The highest BCUT2D eigenvalue weighted by Crippen LogP contribution is 2.27. The molecule has 1 unspecified atom stereocenters. The Morgan fingerprint density at radius 2 is 2.00 bits per heavy atom. The maximum atomic E-state index is 12.2. The van der Waals surface area contributed by atoms with Gasteiger partial charge in [0.05, 0.1) is 18.6 Å². The summed E-state index contributed by atoms with van der Waals surface area (Å²) in [7, 11) is 0. The second kappa shape index (κ2) is 6.30. The van der Waals surface area contributed by atoms with Gasteiger partial charge in [-0.05, 0) is 19.1 Å². The highest BCUT2D eigenvalue weighted by Gasteiger charge is 2.35. The van der Waals surface area contributed by atoms with E-state index in [1.165, 1.54) is 0 Å². The van der Waals surface area contributed by atoms with Crippen molar-refractivity contribution in [3.05, 3.63) is 29.8 Å². The Bertz CT molecular complexity index is 604. The molecule has 0 bridgehead atoms. The van der Waals surface area contributed by atoms with Crippen LogP contribution in [0.15, 0.2) is 24.3 Å². The molecule has 1 aromatic carbocycles. The van der Waals surface area contributed by atoms with Crippen LogP contribution in [-0.2, 0) is 19.1 Å². The third-order valence-corrected chi connectivity index (χ3v) is 3.10. The molecule has 6 nitrogen and oxygen atoms in total. The summed E-state index contributed by atoms with van der Waals surface area (Å²) in [5, 5.41) is 0. The van der Waals surface area contributed by atoms with E-state index >= 15 is 0 Å². The number of benzene rings is 1. The first-order valence-electron chi connectivity index (χ1n) is 6.53. The van der Waals surface area contributed by atoms with Crippen LogP contribution in [0.1, 0.15) is 23.7 Å². The number of hydrogen-bond acceptors (Lipinski definition) is 6. The van der Waals surface area contributed by atoms with E-state index in [9.17, 15) is 19.2 Å². The zero-order valence-corrected chi connectivity index (χ0v) is 11.5. The van der Waals surface area contributed by atoms with Crippen LogP contribution < -0.4 is 4.74 Å². The number of ketones is 3. The molecule has 0 amide bonds. The Morgan fingerprint density at radius 3 is 2.71 bits per heavy atom. The summed E-state index contributed by atoms with van der Waals surface area (Å²) in [4.78, 5) is 46.9. The maximum Gasteiger partial charge on any atom is 0.375 e. The van der Waals surface area contributed by atoms with Gasteiger partial charge in [0, 0.05) is 0 Å². The van der Waals surface area contributed by atoms with E-state index in [1.807, 2.05) is 0 Å². The minimum Gasteiger partial charge on any atom is -0.492 e. The summed E-state index contributed by atoms with van der Waals surface area (Å²) >= 11 is 0. The Kier molecular flexibility index (Phi) is 4.47. The molecule has 21 heavy (non-hydrogen) atoms. The molecule has 110 valence electrons. The summed E-state index contributed by atoms with van der Waals surface area (Å²) in [5.74, 6) is -3.67. The Hall–Kier alpha value is -2.50. The molecule has 6 heteroatoms. The molecule has 1 atom stereocenters. The molecule has 0 saturated heterocycles. The van der Waals surface area contributed by atoms with E-state index < -0.39 is 35.7 Å². The number of carbonyl (C=O) groups is 4. The first-order valence-corrected chi connectivity index (χ1v) is 6.53. The zero-order valence-electron chi connectivity index (χ0n) is 11.5. The van der Waals surface area contributed by atoms with Crippen molar-refractivity contribution in [2.45, 2.75) is 13.3 Å². The lowest BCUT2D eigenvalue weighted by molar-refractivity contribution is -0.154. The van der Waals surface area contributed by atoms with Crippen LogP contribution in [-0.4, -0.2) is 36.5 Å². The lowest BCUT2D eigenvalue weighted by Crippen LogP contribution is -2.36. The second-order valence-corrected chi connectivity index (χ2v) is 4.51. The molecule has 0 aliphatic carbocycles. The van der Waals surface area contributed by atoms with E-state index in [2.05, 4.69) is 4.74 Å². The third-order valence-electron chi connectivity index (χ3n) is 3.10. The molecule has 1 aliphatic heterocycles. The normalized spacial score (nSPS) is 16.6. The fourth-order valence-corrected chi connectivity index (χ4v) is 2.04. The number of para-hydroxylation sites is 1. The summed E-state index contributed by atoms with van der Waals surface area (Å²) < 4.78 is 9.87. The molecule has 0 radical (unpaired) electrons. The maximum absolute atomic E-state index is 12.2. The summed E-state index contributed by atoms with van der Waals surface area (Å²) in [5.41, 5.74) is 0.311. The van der Waals surface area contributed by atoms with Gasteiger partial charge in [-0.2, -0.15) is 0 Å². The number of hydrogen-bond donors (Lipinski definition) is 0. The van der Waals surface area contributed by atoms with Gasteiger partial charge in [0.1, 0.15) is 18.3 Å². The van der Waals surface area contributed by atoms with Crippen molar-refractivity contribution in [3.8, 4) is 5.75 Å². The quantitative estimate of drug-likeness (QED) is 0.456. The average Bonchev–Trinajstić information content (AvgIpc) is 2.48. The third kappa shape index (κ3) is 3.16. The van der Waals surface area contributed by atoms with Crippen LogP contribution in [0.25, 0.3) is 0 Å². The molecule has 0 saturated carbocycles. The Morgan fingerprint density at radius 1 is 1.29 bits per heavy atom.